The second-order valence-electron chi connectivity index (χ2n) is 12.3. The first kappa shape index (κ1) is 27.9. The molecule has 0 aromatic heterocycles. The molecule has 3 aliphatic rings. The van der Waals surface area contributed by atoms with Gasteiger partial charge >= 0.3 is 0 Å². The Morgan fingerprint density at radius 3 is 1.28 bits per heavy atom. The minimum Gasteiger partial charge on any atom is -0.388 e. The van der Waals surface area contributed by atoms with E-state index in [0.717, 1.165) is 49.7 Å². The van der Waals surface area contributed by atoms with E-state index in [1.54, 1.807) is 0 Å². The van der Waals surface area contributed by atoms with Crippen LogP contribution < -0.4 is 10.6 Å². The highest BCUT2D eigenvalue weighted by Crippen LogP contribution is 2.47. The second kappa shape index (κ2) is 11.8. The van der Waals surface area contributed by atoms with Crippen molar-refractivity contribution in [3.63, 3.8) is 0 Å². The summed E-state index contributed by atoms with van der Waals surface area (Å²) in [6, 6.07) is 19.0. The SMILES string of the molecule is O=C(N[C@H](Cc1ccccc1)C1(O)CCCCC1)C1(C(=O)N[C@H](Cc2ccccc2)C2(O)CCCCC2)CC1. The molecule has 5 rings (SSSR count). The van der Waals surface area contributed by atoms with Gasteiger partial charge in [0.1, 0.15) is 5.41 Å². The average molecular weight is 533 g/mol. The Bertz CT molecular complexity index is 1020. The van der Waals surface area contributed by atoms with Crippen molar-refractivity contribution in [2.75, 3.05) is 0 Å². The fourth-order valence-corrected chi connectivity index (χ4v) is 6.75. The Kier molecular flexibility index (Phi) is 8.43. The zero-order valence-corrected chi connectivity index (χ0v) is 23.0. The maximum atomic E-state index is 13.8. The summed E-state index contributed by atoms with van der Waals surface area (Å²) < 4.78 is 0. The first-order chi connectivity index (χ1) is 18.8. The number of amides is 2. The molecular weight excluding hydrogens is 488 g/mol. The van der Waals surface area contributed by atoms with Crippen molar-refractivity contribution in [3.8, 4) is 0 Å². The summed E-state index contributed by atoms with van der Waals surface area (Å²) in [7, 11) is 0. The summed E-state index contributed by atoms with van der Waals surface area (Å²) in [5.74, 6) is -0.594. The number of hydrogen-bond donors (Lipinski definition) is 4. The van der Waals surface area contributed by atoms with E-state index in [4.69, 9.17) is 0 Å². The normalized spacial score (nSPS) is 22.7. The molecule has 2 aromatic carbocycles. The fourth-order valence-electron chi connectivity index (χ4n) is 6.75. The van der Waals surface area contributed by atoms with Gasteiger partial charge in [-0.3, -0.25) is 9.59 Å². The molecule has 3 aliphatic carbocycles. The minimum atomic E-state index is -1.14. The van der Waals surface area contributed by atoms with E-state index in [1.807, 2.05) is 60.7 Å². The summed E-state index contributed by atoms with van der Waals surface area (Å²) in [6.45, 7) is 0. The molecule has 3 fully saturated rings. The van der Waals surface area contributed by atoms with Crippen molar-refractivity contribution in [2.45, 2.75) is 113 Å². The molecule has 3 saturated carbocycles. The van der Waals surface area contributed by atoms with Gasteiger partial charge in [0.15, 0.2) is 0 Å². The molecule has 6 nitrogen and oxygen atoms in total. The van der Waals surface area contributed by atoms with Crippen LogP contribution in [0.4, 0.5) is 0 Å². The molecule has 0 bridgehead atoms. The van der Waals surface area contributed by atoms with Gasteiger partial charge in [-0.25, -0.2) is 0 Å². The monoisotopic (exact) mass is 532 g/mol. The quantitative estimate of drug-likeness (QED) is 0.336. The summed E-state index contributed by atoms with van der Waals surface area (Å²) in [4.78, 5) is 27.6. The van der Waals surface area contributed by atoms with Crippen LogP contribution >= 0.6 is 0 Å². The molecular formula is C33H44N2O4. The van der Waals surface area contributed by atoms with E-state index in [9.17, 15) is 19.8 Å². The molecule has 2 atom stereocenters. The van der Waals surface area contributed by atoms with Crippen LogP contribution in [-0.4, -0.2) is 45.3 Å². The van der Waals surface area contributed by atoms with E-state index < -0.39 is 28.7 Å². The first-order valence-electron chi connectivity index (χ1n) is 15.0. The highest BCUT2D eigenvalue weighted by Gasteiger charge is 2.58. The third kappa shape index (κ3) is 6.38. The Morgan fingerprint density at radius 2 is 0.949 bits per heavy atom. The summed E-state index contributed by atoms with van der Waals surface area (Å²) >= 11 is 0. The molecule has 0 unspecified atom stereocenters. The predicted octanol–water partition coefficient (Wildman–Crippen LogP) is 4.61. The highest BCUT2D eigenvalue weighted by atomic mass is 16.3. The predicted molar refractivity (Wildman–Crippen MR) is 152 cm³/mol. The van der Waals surface area contributed by atoms with Crippen molar-refractivity contribution in [1.82, 2.24) is 10.6 Å². The average Bonchev–Trinajstić information content (AvgIpc) is 3.77. The molecule has 2 amide bonds. The standard InChI is InChI=1S/C33H44N2O4/c36-29(34-27(23-25-13-5-1-6-14-25)32(38)17-9-3-10-18-32)31(21-22-31)30(37)35-28(24-26-15-7-2-8-16-26)33(39)19-11-4-12-20-33/h1-2,5-8,13-16,27-28,38-39H,3-4,9-12,17-24H2,(H,34,36)(H,35,37)/t27-,28-/m1/s1. The van der Waals surface area contributed by atoms with E-state index >= 15 is 0 Å². The third-order valence-electron chi connectivity index (χ3n) is 9.53. The van der Waals surface area contributed by atoms with Crippen molar-refractivity contribution >= 4 is 11.8 Å². The highest BCUT2D eigenvalue weighted by molar-refractivity contribution is 6.08. The molecule has 6 heteroatoms. The van der Waals surface area contributed by atoms with Crippen LogP contribution in [0.25, 0.3) is 0 Å². The minimum absolute atomic E-state index is 0.297. The molecule has 39 heavy (non-hydrogen) atoms. The topological polar surface area (TPSA) is 98.7 Å². The van der Waals surface area contributed by atoms with Crippen molar-refractivity contribution in [3.05, 3.63) is 71.8 Å². The molecule has 4 N–H and O–H groups in total. The molecule has 0 radical (unpaired) electrons. The number of aliphatic hydroxyl groups is 2. The second-order valence-corrected chi connectivity index (χ2v) is 12.3. The smallest absolute Gasteiger partial charge is 0.236 e. The van der Waals surface area contributed by atoms with Gasteiger partial charge in [0.2, 0.25) is 11.8 Å². The Morgan fingerprint density at radius 1 is 0.590 bits per heavy atom. The summed E-state index contributed by atoms with van der Waals surface area (Å²) in [5, 5.41) is 29.6. The molecule has 210 valence electrons. The van der Waals surface area contributed by atoms with Gasteiger partial charge in [-0.1, -0.05) is 99.2 Å². The van der Waals surface area contributed by atoms with Crippen LogP contribution in [0.2, 0.25) is 0 Å². The van der Waals surface area contributed by atoms with E-state index in [-0.39, 0.29) is 11.8 Å². The number of rotatable bonds is 10. The molecule has 0 heterocycles. The lowest BCUT2D eigenvalue weighted by molar-refractivity contribution is -0.141. The van der Waals surface area contributed by atoms with E-state index in [0.29, 0.717) is 51.4 Å². The lowest BCUT2D eigenvalue weighted by Crippen LogP contribution is -2.60. The van der Waals surface area contributed by atoms with Gasteiger partial charge in [-0.2, -0.15) is 0 Å². The Hall–Kier alpha value is -2.70. The van der Waals surface area contributed by atoms with Crippen LogP contribution in [0.5, 0.6) is 0 Å². The van der Waals surface area contributed by atoms with Crippen molar-refractivity contribution < 1.29 is 19.8 Å². The van der Waals surface area contributed by atoms with Gasteiger partial charge in [-0.05, 0) is 62.5 Å². The Labute approximate surface area is 232 Å². The third-order valence-corrected chi connectivity index (χ3v) is 9.53. The van der Waals surface area contributed by atoms with Crippen LogP contribution in [0.1, 0.15) is 88.2 Å². The number of carbonyl (C=O) groups is 2. The van der Waals surface area contributed by atoms with Gasteiger partial charge in [0.05, 0.1) is 23.3 Å². The zero-order valence-electron chi connectivity index (χ0n) is 23.0. The summed E-state index contributed by atoms with van der Waals surface area (Å²) in [6.07, 6.45) is 10.5. The van der Waals surface area contributed by atoms with Crippen LogP contribution in [0.15, 0.2) is 60.7 Å². The van der Waals surface area contributed by atoms with Crippen molar-refractivity contribution in [2.24, 2.45) is 5.41 Å². The van der Waals surface area contributed by atoms with Gasteiger partial charge in [0.25, 0.3) is 0 Å². The molecule has 0 aliphatic heterocycles. The number of carbonyl (C=O) groups excluding carboxylic acids is 2. The molecule has 0 saturated heterocycles. The van der Waals surface area contributed by atoms with E-state index in [1.165, 1.54) is 0 Å². The first-order valence-corrected chi connectivity index (χ1v) is 15.0. The van der Waals surface area contributed by atoms with Gasteiger partial charge in [-0.15, -0.1) is 0 Å². The number of nitrogens with one attached hydrogen (secondary N) is 2. The zero-order chi connectivity index (χ0) is 27.3. The molecule has 0 spiro atoms. The largest absolute Gasteiger partial charge is 0.388 e. The lowest BCUT2D eigenvalue weighted by atomic mass is 9.76. The number of hydrogen-bond acceptors (Lipinski definition) is 4. The van der Waals surface area contributed by atoms with Crippen LogP contribution in [-0.2, 0) is 22.4 Å². The lowest BCUT2D eigenvalue weighted by Gasteiger charge is -2.41. The van der Waals surface area contributed by atoms with E-state index in [2.05, 4.69) is 10.6 Å². The summed E-state index contributed by atoms with van der Waals surface area (Å²) in [5.41, 5.74) is -0.996. The Balaban J connectivity index is 1.33. The van der Waals surface area contributed by atoms with Gasteiger partial charge < -0.3 is 20.8 Å². The fraction of sp³-hybridized carbons (Fsp3) is 0.576. The maximum Gasteiger partial charge on any atom is 0.236 e. The van der Waals surface area contributed by atoms with Crippen LogP contribution in [0, 0.1) is 5.41 Å². The molecule has 2 aromatic rings. The van der Waals surface area contributed by atoms with Crippen LogP contribution in [0.3, 0.4) is 0 Å². The van der Waals surface area contributed by atoms with Gasteiger partial charge in [0, 0.05) is 0 Å². The van der Waals surface area contributed by atoms with Crippen molar-refractivity contribution in [1.29, 1.82) is 0 Å². The maximum absolute atomic E-state index is 13.8. The number of benzene rings is 2.